The molecule has 28 heavy (non-hydrogen) atoms. The molecule has 1 amide bonds. The molecule has 0 radical (unpaired) electrons. The monoisotopic (exact) mass is 393 g/mol. The summed E-state index contributed by atoms with van der Waals surface area (Å²) in [6.45, 7) is 10.9. The van der Waals surface area contributed by atoms with E-state index in [4.69, 9.17) is 0 Å². The molecule has 0 heterocycles. The molecule has 0 aliphatic carbocycles. The average Bonchev–Trinajstić information content (AvgIpc) is 2.48. The molecule has 3 nitrogen and oxygen atoms in total. The fourth-order valence-electron chi connectivity index (χ4n) is 2.62. The zero-order chi connectivity index (χ0) is 19.1. The Balaban J connectivity index is -0.000000186. The molecule has 0 aliphatic heterocycles. The molecule has 0 atom stereocenters. The van der Waals surface area contributed by atoms with Crippen molar-refractivity contribution < 1.29 is 9.59 Å². The molecule has 164 valence electrons. The molecule has 1 N–H and O–H groups in total. The van der Waals surface area contributed by atoms with Crippen LogP contribution < -0.4 is 5.32 Å². The summed E-state index contributed by atoms with van der Waals surface area (Å²) in [4.78, 5) is 21.3. The quantitative estimate of drug-likeness (QED) is 0.323. The molecule has 0 unspecified atom stereocenters. The van der Waals surface area contributed by atoms with Gasteiger partial charge in [-0.2, -0.15) is 0 Å². The second kappa shape index (κ2) is 21.4. The second-order valence-corrected chi connectivity index (χ2v) is 6.71. The third-order valence-electron chi connectivity index (χ3n) is 3.73. The van der Waals surface area contributed by atoms with Gasteiger partial charge in [0.1, 0.15) is 5.78 Å². The molecule has 0 saturated heterocycles. The number of amides is 1. The molecule has 3 heteroatoms. The standard InChI is InChI=1S/C12H22O.C10H13NO.3CH4/c1-3-4-5-6-7-8-9-10-11-12(2)13;1-7-4-8(2)6-10(5-7)11-9(3)12;;;/h3H,1,4-11H2,2H3;4-6H,1-3H3,(H,11,12);3*1H4. The van der Waals surface area contributed by atoms with E-state index in [0.29, 0.717) is 5.78 Å². The van der Waals surface area contributed by atoms with E-state index in [0.717, 1.165) is 24.9 Å². The minimum atomic E-state index is -0.0278. The Morgan fingerprint density at radius 2 is 1.32 bits per heavy atom. The van der Waals surface area contributed by atoms with Crippen LogP contribution >= 0.6 is 0 Å². The van der Waals surface area contributed by atoms with Crippen LogP contribution in [0.5, 0.6) is 0 Å². The summed E-state index contributed by atoms with van der Waals surface area (Å²) in [5, 5.41) is 2.75. The Morgan fingerprint density at radius 1 is 0.857 bits per heavy atom. The number of aryl methyl sites for hydroxylation is 2. The highest BCUT2D eigenvalue weighted by molar-refractivity contribution is 5.88. The van der Waals surface area contributed by atoms with Crippen molar-refractivity contribution in [2.45, 2.75) is 101 Å². The lowest BCUT2D eigenvalue weighted by Gasteiger charge is -2.04. The molecule has 0 aliphatic rings. The van der Waals surface area contributed by atoms with Gasteiger partial charge in [0.2, 0.25) is 5.91 Å². The van der Waals surface area contributed by atoms with E-state index in [1.54, 1.807) is 6.92 Å². The molecule has 1 aromatic carbocycles. The largest absolute Gasteiger partial charge is 0.326 e. The van der Waals surface area contributed by atoms with Gasteiger partial charge in [0.05, 0.1) is 0 Å². The summed E-state index contributed by atoms with van der Waals surface area (Å²) in [6, 6.07) is 5.98. The van der Waals surface area contributed by atoms with Crippen molar-refractivity contribution in [2.75, 3.05) is 5.32 Å². The predicted molar refractivity (Wildman–Crippen MR) is 128 cm³/mol. The number of carbonyl (C=O) groups excluding carboxylic acids is 2. The van der Waals surface area contributed by atoms with Crippen molar-refractivity contribution in [3.05, 3.63) is 42.0 Å². The van der Waals surface area contributed by atoms with Gasteiger partial charge in [-0.25, -0.2) is 0 Å². The van der Waals surface area contributed by atoms with E-state index in [9.17, 15) is 9.59 Å². The molecule has 0 spiro atoms. The van der Waals surface area contributed by atoms with E-state index < -0.39 is 0 Å². The molecular formula is C25H47NO2. The van der Waals surface area contributed by atoms with Gasteiger partial charge < -0.3 is 10.1 Å². The maximum atomic E-state index is 10.7. The van der Waals surface area contributed by atoms with Crippen LogP contribution in [-0.4, -0.2) is 11.7 Å². The van der Waals surface area contributed by atoms with E-state index >= 15 is 0 Å². The minimum absolute atomic E-state index is 0. The molecule has 1 rings (SSSR count). The van der Waals surface area contributed by atoms with E-state index in [1.165, 1.54) is 50.2 Å². The maximum Gasteiger partial charge on any atom is 0.221 e. The summed E-state index contributed by atoms with van der Waals surface area (Å²) in [5.74, 6) is 0.298. The summed E-state index contributed by atoms with van der Waals surface area (Å²) in [7, 11) is 0. The lowest BCUT2D eigenvalue weighted by Crippen LogP contribution is -2.05. The van der Waals surface area contributed by atoms with Crippen LogP contribution in [0.4, 0.5) is 5.69 Å². The van der Waals surface area contributed by atoms with Crippen LogP contribution in [0.3, 0.4) is 0 Å². The van der Waals surface area contributed by atoms with Crippen molar-refractivity contribution in [1.82, 2.24) is 0 Å². The number of ketones is 1. The third-order valence-corrected chi connectivity index (χ3v) is 3.73. The first-order valence-electron chi connectivity index (χ1n) is 9.31. The Hall–Kier alpha value is -1.90. The zero-order valence-corrected chi connectivity index (χ0v) is 16.5. The van der Waals surface area contributed by atoms with Crippen LogP contribution in [0, 0.1) is 13.8 Å². The summed E-state index contributed by atoms with van der Waals surface area (Å²) in [6.07, 6.45) is 11.4. The van der Waals surface area contributed by atoms with Crippen LogP contribution in [0.25, 0.3) is 0 Å². The van der Waals surface area contributed by atoms with E-state index in [2.05, 4.69) is 18.0 Å². The number of rotatable bonds is 10. The predicted octanol–water partition coefficient (Wildman–Crippen LogP) is 8.05. The van der Waals surface area contributed by atoms with Gasteiger partial charge in [-0.1, -0.05) is 60.1 Å². The first-order chi connectivity index (χ1) is 11.8. The van der Waals surface area contributed by atoms with Gasteiger partial charge in [0.25, 0.3) is 0 Å². The number of hydrogen-bond acceptors (Lipinski definition) is 2. The second-order valence-electron chi connectivity index (χ2n) is 6.71. The molecule has 1 aromatic rings. The summed E-state index contributed by atoms with van der Waals surface area (Å²) in [5.41, 5.74) is 3.21. The maximum absolute atomic E-state index is 10.7. The summed E-state index contributed by atoms with van der Waals surface area (Å²) < 4.78 is 0. The van der Waals surface area contributed by atoms with Crippen LogP contribution in [0.1, 0.15) is 98.6 Å². The highest BCUT2D eigenvalue weighted by Gasteiger charge is 1.96. The molecule has 0 fully saturated rings. The van der Waals surface area contributed by atoms with Gasteiger partial charge >= 0.3 is 0 Å². The Kier molecular flexibility index (Phi) is 25.7. The fraction of sp³-hybridized carbons (Fsp3) is 0.600. The first kappa shape index (κ1) is 33.7. The van der Waals surface area contributed by atoms with Crippen LogP contribution in [-0.2, 0) is 9.59 Å². The topological polar surface area (TPSA) is 46.2 Å². The third kappa shape index (κ3) is 22.1. The number of unbranched alkanes of at least 4 members (excludes halogenated alkanes) is 6. The van der Waals surface area contributed by atoms with Crippen LogP contribution in [0.2, 0.25) is 0 Å². The highest BCUT2D eigenvalue weighted by Crippen LogP contribution is 2.13. The lowest BCUT2D eigenvalue weighted by molar-refractivity contribution is -0.117. The molecular weight excluding hydrogens is 346 g/mol. The van der Waals surface area contributed by atoms with Gasteiger partial charge in [0.15, 0.2) is 0 Å². The smallest absolute Gasteiger partial charge is 0.221 e. The Morgan fingerprint density at radius 3 is 1.75 bits per heavy atom. The van der Waals surface area contributed by atoms with Gasteiger partial charge in [-0.15, -0.1) is 6.58 Å². The minimum Gasteiger partial charge on any atom is -0.326 e. The molecule has 0 saturated carbocycles. The van der Waals surface area contributed by atoms with Crippen molar-refractivity contribution in [3.63, 3.8) is 0 Å². The highest BCUT2D eigenvalue weighted by atomic mass is 16.1. The number of benzene rings is 1. The molecule has 0 aromatic heterocycles. The van der Waals surface area contributed by atoms with E-state index in [-0.39, 0.29) is 28.2 Å². The Labute approximate surface area is 176 Å². The number of nitrogens with one attached hydrogen (secondary N) is 1. The number of Topliss-reactive ketones (excluding diaryl/α,β-unsaturated/α-hetero) is 1. The number of hydrogen-bond donors (Lipinski definition) is 1. The SMILES string of the molecule is C.C.C.C=CCCCCCCCCC(C)=O.CC(=O)Nc1cc(C)cc(C)c1. The summed E-state index contributed by atoms with van der Waals surface area (Å²) >= 11 is 0. The number of carbonyl (C=O) groups is 2. The number of anilines is 1. The van der Waals surface area contributed by atoms with Crippen molar-refractivity contribution >= 4 is 17.4 Å². The van der Waals surface area contributed by atoms with Gasteiger partial charge in [-0.3, -0.25) is 4.79 Å². The average molecular weight is 394 g/mol. The van der Waals surface area contributed by atoms with Crippen molar-refractivity contribution in [2.24, 2.45) is 0 Å². The molecule has 0 bridgehead atoms. The zero-order valence-electron chi connectivity index (χ0n) is 16.5. The van der Waals surface area contributed by atoms with Crippen LogP contribution in [0.15, 0.2) is 30.9 Å². The Bertz CT molecular complexity index is 515. The fourth-order valence-corrected chi connectivity index (χ4v) is 2.62. The first-order valence-corrected chi connectivity index (χ1v) is 9.31. The number of allylic oxidation sites excluding steroid dienone is 1. The van der Waals surface area contributed by atoms with E-state index in [1.807, 2.05) is 32.1 Å². The van der Waals surface area contributed by atoms with Gasteiger partial charge in [-0.05, 0) is 63.3 Å². The lowest BCUT2D eigenvalue weighted by atomic mass is 10.1. The van der Waals surface area contributed by atoms with Gasteiger partial charge in [0, 0.05) is 19.0 Å². The van der Waals surface area contributed by atoms with Crippen molar-refractivity contribution in [1.29, 1.82) is 0 Å². The van der Waals surface area contributed by atoms with Crippen molar-refractivity contribution in [3.8, 4) is 0 Å². The normalized spacial score (nSPS) is 8.71.